The lowest BCUT2D eigenvalue weighted by molar-refractivity contribution is -0.138. The summed E-state index contributed by atoms with van der Waals surface area (Å²) >= 11 is 0. The minimum absolute atomic E-state index is 0.0834. The zero-order chi connectivity index (χ0) is 18.6. The van der Waals surface area contributed by atoms with Crippen LogP contribution < -0.4 is 0 Å². The summed E-state index contributed by atoms with van der Waals surface area (Å²) in [7, 11) is 2.01. The van der Waals surface area contributed by atoms with E-state index in [4.69, 9.17) is 4.74 Å². The van der Waals surface area contributed by atoms with Gasteiger partial charge in [0.15, 0.2) is 0 Å². The van der Waals surface area contributed by atoms with Crippen molar-refractivity contribution in [2.24, 2.45) is 17.8 Å². The zero-order valence-corrected chi connectivity index (χ0v) is 17.3. The summed E-state index contributed by atoms with van der Waals surface area (Å²) in [5, 5.41) is 0. The Labute approximate surface area is 155 Å². The smallest absolute Gasteiger partial charge is 0.225 e. The number of carbonyl (C=O) groups excluding carboxylic acids is 1. The van der Waals surface area contributed by atoms with Crippen molar-refractivity contribution in [2.45, 2.75) is 85.0 Å². The van der Waals surface area contributed by atoms with Crippen molar-refractivity contribution in [3.05, 3.63) is 0 Å². The molecule has 1 saturated carbocycles. The normalized spacial score (nSPS) is 31.5. The average molecular weight is 353 g/mol. The number of morpholine rings is 1. The van der Waals surface area contributed by atoms with E-state index in [1.165, 1.54) is 19.3 Å². The number of hydrogen-bond acceptors (Lipinski definition) is 3. The van der Waals surface area contributed by atoms with Crippen LogP contribution in [0.3, 0.4) is 0 Å². The molecule has 4 heteroatoms. The second-order valence-corrected chi connectivity index (χ2v) is 9.13. The fraction of sp³-hybridized carbons (Fsp3) is 0.952. The molecule has 146 valence electrons. The monoisotopic (exact) mass is 352 g/mol. The van der Waals surface area contributed by atoms with Crippen LogP contribution in [-0.2, 0) is 9.53 Å². The largest absolute Gasteiger partial charge is 0.373 e. The van der Waals surface area contributed by atoms with Crippen molar-refractivity contribution in [2.75, 3.05) is 26.7 Å². The highest BCUT2D eigenvalue weighted by Gasteiger charge is 2.35. The molecule has 4 atom stereocenters. The number of amides is 1. The van der Waals surface area contributed by atoms with Gasteiger partial charge in [0.1, 0.15) is 0 Å². The van der Waals surface area contributed by atoms with Crippen molar-refractivity contribution in [3.8, 4) is 0 Å². The molecular weight excluding hydrogens is 312 g/mol. The minimum atomic E-state index is 0.0834. The van der Waals surface area contributed by atoms with Gasteiger partial charge < -0.3 is 9.64 Å². The minimum Gasteiger partial charge on any atom is -0.373 e. The van der Waals surface area contributed by atoms with E-state index in [0.29, 0.717) is 30.1 Å². The van der Waals surface area contributed by atoms with Gasteiger partial charge >= 0.3 is 0 Å². The highest BCUT2D eigenvalue weighted by atomic mass is 16.5. The molecular formula is C21H40N2O2. The molecule has 2 rings (SSSR count). The van der Waals surface area contributed by atoms with E-state index in [9.17, 15) is 4.79 Å². The fourth-order valence-electron chi connectivity index (χ4n) is 4.82. The summed E-state index contributed by atoms with van der Waals surface area (Å²) in [5.41, 5.74) is 0. The van der Waals surface area contributed by atoms with Gasteiger partial charge in [-0.05, 0) is 38.0 Å². The summed E-state index contributed by atoms with van der Waals surface area (Å²) in [6.07, 6.45) is 6.65. The van der Waals surface area contributed by atoms with Gasteiger partial charge in [-0.2, -0.15) is 0 Å². The number of carbonyl (C=O) groups is 1. The Morgan fingerprint density at radius 3 is 2.48 bits per heavy atom. The Kier molecular flexibility index (Phi) is 7.75. The van der Waals surface area contributed by atoms with Crippen LogP contribution in [0.1, 0.15) is 66.7 Å². The molecule has 0 spiro atoms. The lowest BCUT2D eigenvalue weighted by atomic mass is 9.79. The van der Waals surface area contributed by atoms with E-state index in [-0.39, 0.29) is 11.8 Å². The number of hydrogen-bond donors (Lipinski definition) is 0. The maximum absolute atomic E-state index is 12.5. The number of nitrogens with zero attached hydrogens (tertiary/aromatic N) is 2. The molecule has 2 fully saturated rings. The predicted molar refractivity (Wildman–Crippen MR) is 104 cm³/mol. The van der Waals surface area contributed by atoms with Crippen LogP contribution in [0.4, 0.5) is 0 Å². The van der Waals surface area contributed by atoms with Crippen LogP contribution in [0.5, 0.6) is 0 Å². The van der Waals surface area contributed by atoms with Crippen molar-refractivity contribution in [3.63, 3.8) is 0 Å². The summed E-state index contributed by atoms with van der Waals surface area (Å²) in [6.45, 7) is 14.1. The van der Waals surface area contributed by atoms with Crippen molar-refractivity contribution in [1.29, 1.82) is 0 Å². The molecule has 25 heavy (non-hydrogen) atoms. The zero-order valence-electron chi connectivity index (χ0n) is 17.3. The molecule has 2 aliphatic rings. The molecule has 0 bridgehead atoms. The molecule has 4 nitrogen and oxygen atoms in total. The fourth-order valence-corrected chi connectivity index (χ4v) is 4.82. The summed E-state index contributed by atoms with van der Waals surface area (Å²) in [6, 6.07) is 0.392. The molecule has 0 aromatic heterocycles. The number of ether oxygens (including phenoxy) is 1. The van der Waals surface area contributed by atoms with Gasteiger partial charge in [0, 0.05) is 38.6 Å². The van der Waals surface area contributed by atoms with Gasteiger partial charge in [-0.3, -0.25) is 9.69 Å². The second kappa shape index (κ2) is 9.36. The first-order valence-corrected chi connectivity index (χ1v) is 10.4. The van der Waals surface area contributed by atoms with Gasteiger partial charge in [0.05, 0.1) is 12.2 Å². The first-order chi connectivity index (χ1) is 11.8. The van der Waals surface area contributed by atoms with Crippen LogP contribution in [-0.4, -0.2) is 60.6 Å². The summed E-state index contributed by atoms with van der Waals surface area (Å²) in [5.74, 6) is 1.65. The predicted octanol–water partition coefficient (Wildman–Crippen LogP) is 3.80. The van der Waals surface area contributed by atoms with E-state index in [1.54, 1.807) is 0 Å². The Morgan fingerprint density at radius 2 is 1.84 bits per heavy atom. The van der Waals surface area contributed by atoms with Crippen LogP contribution in [0, 0.1) is 17.8 Å². The second-order valence-electron chi connectivity index (χ2n) is 9.13. The van der Waals surface area contributed by atoms with Crippen LogP contribution in [0.15, 0.2) is 0 Å². The van der Waals surface area contributed by atoms with Gasteiger partial charge in [-0.15, -0.1) is 0 Å². The van der Waals surface area contributed by atoms with Gasteiger partial charge in [0.2, 0.25) is 5.91 Å². The van der Waals surface area contributed by atoms with Gasteiger partial charge in [0.25, 0.3) is 0 Å². The molecule has 2 unspecified atom stereocenters. The molecule has 1 amide bonds. The Hall–Kier alpha value is -0.610. The molecule has 0 aromatic carbocycles. The quantitative estimate of drug-likeness (QED) is 0.729. The van der Waals surface area contributed by atoms with Crippen LogP contribution in [0.2, 0.25) is 0 Å². The first-order valence-electron chi connectivity index (χ1n) is 10.4. The maximum atomic E-state index is 12.5. The van der Waals surface area contributed by atoms with E-state index >= 15 is 0 Å². The lowest BCUT2D eigenvalue weighted by Crippen LogP contribution is -2.50. The highest BCUT2D eigenvalue weighted by Crippen LogP contribution is 2.33. The van der Waals surface area contributed by atoms with E-state index < -0.39 is 0 Å². The number of rotatable bonds is 6. The molecule has 1 saturated heterocycles. The van der Waals surface area contributed by atoms with E-state index in [0.717, 1.165) is 32.5 Å². The third kappa shape index (κ3) is 5.96. The van der Waals surface area contributed by atoms with E-state index in [2.05, 4.69) is 25.7 Å². The topological polar surface area (TPSA) is 32.8 Å². The van der Waals surface area contributed by atoms with Gasteiger partial charge in [-0.25, -0.2) is 0 Å². The maximum Gasteiger partial charge on any atom is 0.225 e. The summed E-state index contributed by atoms with van der Waals surface area (Å²) < 4.78 is 6.29. The van der Waals surface area contributed by atoms with Crippen LogP contribution >= 0.6 is 0 Å². The van der Waals surface area contributed by atoms with Crippen molar-refractivity contribution in [1.82, 2.24) is 9.80 Å². The van der Waals surface area contributed by atoms with Gasteiger partial charge in [-0.1, -0.05) is 40.5 Å². The van der Waals surface area contributed by atoms with E-state index in [1.807, 2.05) is 25.8 Å². The standard InChI is InChI=1S/C21H40N2O2/c1-15(2)12-23-13-17(5)25-19(14-23)11-18-9-7-8-10-20(18)22(6)21(24)16(3)4/h15-20H,7-14H2,1-6H3/t17-,18?,19+,20?/m0/s1. The molecule has 0 radical (unpaired) electrons. The van der Waals surface area contributed by atoms with Crippen molar-refractivity contribution < 1.29 is 9.53 Å². The third-order valence-corrected chi connectivity index (χ3v) is 5.80. The molecule has 0 N–H and O–H groups in total. The van der Waals surface area contributed by atoms with Crippen molar-refractivity contribution >= 4 is 5.91 Å². The molecule has 1 aliphatic carbocycles. The first kappa shape index (κ1) is 20.7. The lowest BCUT2D eigenvalue weighted by Gasteiger charge is -2.43. The average Bonchev–Trinajstić information content (AvgIpc) is 2.52. The van der Waals surface area contributed by atoms with Crippen LogP contribution in [0.25, 0.3) is 0 Å². The highest BCUT2D eigenvalue weighted by molar-refractivity contribution is 5.78. The Bertz CT molecular complexity index is 422. The molecule has 1 heterocycles. The Balaban J connectivity index is 1.98. The molecule has 0 aromatic rings. The SMILES string of the molecule is CC(C)CN1C[C@@H](CC2CCCCC2N(C)C(=O)C(C)C)O[C@@H](C)C1. The molecule has 1 aliphatic heterocycles. The Morgan fingerprint density at radius 1 is 1.16 bits per heavy atom. The summed E-state index contributed by atoms with van der Waals surface area (Å²) in [4.78, 5) is 17.1. The third-order valence-electron chi connectivity index (χ3n) is 5.80.